The zero-order valence-corrected chi connectivity index (χ0v) is 11.5. The van der Waals surface area contributed by atoms with Crippen molar-refractivity contribution >= 4 is 22.5 Å². The van der Waals surface area contributed by atoms with Gasteiger partial charge in [0.25, 0.3) is 5.56 Å². The lowest BCUT2D eigenvalue weighted by molar-refractivity contribution is 0.337. The number of aromatic amines is 1. The van der Waals surface area contributed by atoms with Crippen molar-refractivity contribution in [3.63, 3.8) is 0 Å². The monoisotopic (exact) mass is 273 g/mol. The Labute approximate surface area is 117 Å². The number of fused-ring (bicyclic) bond motifs is 1. The molecule has 0 unspecified atom stereocenters. The third kappa shape index (κ3) is 2.75. The van der Waals surface area contributed by atoms with Crippen LogP contribution in [0.1, 0.15) is 12.8 Å². The quantitative estimate of drug-likeness (QED) is 0.708. The van der Waals surface area contributed by atoms with E-state index in [4.69, 9.17) is 5.73 Å². The van der Waals surface area contributed by atoms with Crippen molar-refractivity contribution in [2.45, 2.75) is 18.9 Å². The molecule has 0 radical (unpaired) electrons. The number of nitrogens with one attached hydrogen (secondary N) is 2. The Morgan fingerprint density at radius 1 is 1.50 bits per heavy atom. The molecule has 3 rings (SSSR count). The van der Waals surface area contributed by atoms with Crippen LogP contribution in [-0.4, -0.2) is 41.0 Å². The van der Waals surface area contributed by atoms with Gasteiger partial charge in [-0.1, -0.05) is 0 Å². The fourth-order valence-corrected chi connectivity index (χ4v) is 2.29. The molecule has 0 aliphatic heterocycles. The Hall–Kier alpha value is -2.08. The number of nitrogens with zero attached hydrogens (tertiary/aromatic N) is 2. The van der Waals surface area contributed by atoms with E-state index < -0.39 is 0 Å². The van der Waals surface area contributed by atoms with Gasteiger partial charge in [-0.25, -0.2) is 4.98 Å². The smallest absolute Gasteiger partial charge is 0.260 e. The highest BCUT2D eigenvalue weighted by atomic mass is 16.1. The van der Waals surface area contributed by atoms with Crippen molar-refractivity contribution in [1.82, 2.24) is 14.9 Å². The molecule has 0 amide bonds. The molecule has 6 heteroatoms. The van der Waals surface area contributed by atoms with E-state index in [1.54, 1.807) is 18.2 Å². The topological polar surface area (TPSA) is 87.0 Å². The van der Waals surface area contributed by atoms with Crippen LogP contribution in [0.4, 0.5) is 11.6 Å². The zero-order chi connectivity index (χ0) is 14.1. The summed E-state index contributed by atoms with van der Waals surface area (Å²) in [6, 6.07) is 5.90. The second kappa shape index (κ2) is 5.13. The molecule has 1 aromatic carbocycles. The van der Waals surface area contributed by atoms with Crippen LogP contribution >= 0.6 is 0 Å². The Bertz CT molecular complexity index is 677. The SMILES string of the molecule is CN(CCNc1nc2ccc(N)cc2c(=O)[nH]1)C1CC1. The molecular formula is C14H19N5O. The summed E-state index contributed by atoms with van der Waals surface area (Å²) in [6.45, 7) is 1.70. The lowest BCUT2D eigenvalue weighted by atomic mass is 10.2. The standard InChI is InChI=1S/C14H19N5O/c1-19(10-3-4-10)7-6-16-14-17-12-5-2-9(15)8-11(12)13(20)18-14/h2,5,8,10H,3-4,6-7,15H2,1H3,(H2,16,17,18,20). The molecule has 1 aliphatic carbocycles. The summed E-state index contributed by atoms with van der Waals surface area (Å²) < 4.78 is 0. The van der Waals surface area contributed by atoms with Gasteiger partial charge >= 0.3 is 0 Å². The van der Waals surface area contributed by atoms with Crippen LogP contribution in [-0.2, 0) is 0 Å². The minimum Gasteiger partial charge on any atom is -0.399 e. The maximum absolute atomic E-state index is 12.0. The summed E-state index contributed by atoms with van der Waals surface area (Å²) in [4.78, 5) is 21.4. The summed E-state index contributed by atoms with van der Waals surface area (Å²) in [5.74, 6) is 0.511. The van der Waals surface area contributed by atoms with Gasteiger partial charge in [0.2, 0.25) is 5.95 Å². The number of aromatic nitrogens is 2. The Kier molecular flexibility index (Phi) is 3.31. The third-order valence-electron chi connectivity index (χ3n) is 3.66. The average molecular weight is 273 g/mol. The van der Waals surface area contributed by atoms with E-state index in [-0.39, 0.29) is 5.56 Å². The Balaban J connectivity index is 1.71. The number of nitrogen functional groups attached to an aromatic ring is 1. The number of nitrogens with two attached hydrogens (primary N) is 1. The van der Waals surface area contributed by atoms with Crippen LogP contribution < -0.4 is 16.6 Å². The Morgan fingerprint density at radius 3 is 3.05 bits per heavy atom. The molecule has 1 saturated carbocycles. The zero-order valence-electron chi connectivity index (χ0n) is 11.5. The molecular weight excluding hydrogens is 254 g/mol. The fraction of sp³-hybridized carbons (Fsp3) is 0.429. The number of rotatable bonds is 5. The fourth-order valence-electron chi connectivity index (χ4n) is 2.29. The first kappa shape index (κ1) is 12.9. The van der Waals surface area contributed by atoms with Crippen LogP contribution in [0, 0.1) is 0 Å². The van der Waals surface area contributed by atoms with E-state index in [0.717, 1.165) is 19.1 Å². The summed E-state index contributed by atoms with van der Waals surface area (Å²) in [6.07, 6.45) is 2.59. The molecule has 20 heavy (non-hydrogen) atoms. The van der Waals surface area contributed by atoms with Crippen molar-refractivity contribution in [3.05, 3.63) is 28.6 Å². The van der Waals surface area contributed by atoms with Gasteiger partial charge in [-0.3, -0.25) is 9.78 Å². The number of H-pyrrole nitrogens is 1. The number of hydrogen-bond acceptors (Lipinski definition) is 5. The van der Waals surface area contributed by atoms with Gasteiger partial charge in [0.05, 0.1) is 10.9 Å². The molecule has 106 valence electrons. The molecule has 1 aromatic heterocycles. The van der Waals surface area contributed by atoms with Crippen LogP contribution in [0.15, 0.2) is 23.0 Å². The minimum absolute atomic E-state index is 0.166. The van der Waals surface area contributed by atoms with E-state index >= 15 is 0 Å². The van der Waals surface area contributed by atoms with Crippen molar-refractivity contribution in [1.29, 1.82) is 0 Å². The van der Waals surface area contributed by atoms with E-state index in [1.807, 2.05) is 0 Å². The first-order valence-electron chi connectivity index (χ1n) is 6.87. The number of anilines is 2. The molecule has 6 nitrogen and oxygen atoms in total. The largest absolute Gasteiger partial charge is 0.399 e. The van der Waals surface area contributed by atoms with E-state index in [2.05, 4.69) is 27.2 Å². The van der Waals surface area contributed by atoms with Crippen molar-refractivity contribution in [3.8, 4) is 0 Å². The maximum atomic E-state index is 12.0. The molecule has 0 bridgehead atoms. The van der Waals surface area contributed by atoms with Crippen LogP contribution in [0.2, 0.25) is 0 Å². The highest BCUT2D eigenvalue weighted by molar-refractivity contribution is 5.81. The summed E-state index contributed by atoms with van der Waals surface area (Å²) in [5.41, 5.74) is 6.73. The normalized spacial score (nSPS) is 14.9. The second-order valence-corrected chi connectivity index (χ2v) is 5.33. The average Bonchev–Trinajstić information content (AvgIpc) is 3.24. The van der Waals surface area contributed by atoms with Gasteiger partial charge in [0, 0.05) is 24.8 Å². The molecule has 1 fully saturated rings. The highest BCUT2D eigenvalue weighted by Crippen LogP contribution is 2.24. The minimum atomic E-state index is -0.166. The summed E-state index contributed by atoms with van der Waals surface area (Å²) in [5, 5.41) is 3.69. The molecule has 0 atom stereocenters. The predicted octanol–water partition coefficient (Wildman–Crippen LogP) is 1.01. The number of benzene rings is 1. The molecule has 4 N–H and O–H groups in total. The van der Waals surface area contributed by atoms with Crippen molar-refractivity contribution < 1.29 is 0 Å². The summed E-state index contributed by atoms with van der Waals surface area (Å²) in [7, 11) is 2.12. The van der Waals surface area contributed by atoms with E-state index in [9.17, 15) is 4.79 Å². The number of likely N-dealkylation sites (N-methyl/N-ethyl adjacent to an activating group) is 1. The van der Waals surface area contributed by atoms with Gasteiger partial charge in [0.1, 0.15) is 0 Å². The maximum Gasteiger partial charge on any atom is 0.260 e. The highest BCUT2D eigenvalue weighted by Gasteiger charge is 2.25. The Morgan fingerprint density at radius 2 is 2.30 bits per heavy atom. The lowest BCUT2D eigenvalue weighted by Crippen LogP contribution is -2.27. The van der Waals surface area contributed by atoms with Gasteiger partial charge in [-0.05, 0) is 38.1 Å². The van der Waals surface area contributed by atoms with Crippen LogP contribution in [0.25, 0.3) is 10.9 Å². The molecule has 2 aromatic rings. The van der Waals surface area contributed by atoms with Crippen LogP contribution in [0.3, 0.4) is 0 Å². The predicted molar refractivity (Wildman–Crippen MR) is 80.9 cm³/mol. The molecule has 1 aliphatic rings. The van der Waals surface area contributed by atoms with Crippen molar-refractivity contribution in [2.24, 2.45) is 0 Å². The lowest BCUT2D eigenvalue weighted by Gasteiger charge is -2.15. The van der Waals surface area contributed by atoms with Gasteiger partial charge in [-0.2, -0.15) is 0 Å². The molecule has 1 heterocycles. The first-order valence-corrected chi connectivity index (χ1v) is 6.87. The second-order valence-electron chi connectivity index (χ2n) is 5.33. The first-order chi connectivity index (χ1) is 9.63. The summed E-state index contributed by atoms with van der Waals surface area (Å²) >= 11 is 0. The molecule has 0 saturated heterocycles. The van der Waals surface area contributed by atoms with Gasteiger partial charge in [0.15, 0.2) is 0 Å². The van der Waals surface area contributed by atoms with E-state index in [0.29, 0.717) is 22.5 Å². The van der Waals surface area contributed by atoms with Gasteiger partial charge in [-0.15, -0.1) is 0 Å². The molecule has 0 spiro atoms. The number of hydrogen-bond donors (Lipinski definition) is 3. The third-order valence-corrected chi connectivity index (χ3v) is 3.66. The van der Waals surface area contributed by atoms with E-state index in [1.165, 1.54) is 12.8 Å². The van der Waals surface area contributed by atoms with Crippen LogP contribution in [0.5, 0.6) is 0 Å². The van der Waals surface area contributed by atoms with Crippen molar-refractivity contribution in [2.75, 3.05) is 31.2 Å². The van der Waals surface area contributed by atoms with Gasteiger partial charge < -0.3 is 16.0 Å².